The van der Waals surface area contributed by atoms with Crippen LogP contribution in [0.5, 0.6) is 5.75 Å². The largest absolute Gasteiger partial charge is 0.495 e. The first-order chi connectivity index (χ1) is 11.6. The van der Waals surface area contributed by atoms with E-state index < -0.39 is 5.91 Å². The van der Waals surface area contributed by atoms with E-state index in [-0.39, 0.29) is 17.6 Å². The fraction of sp³-hybridized carbons (Fsp3) is 0.235. The lowest BCUT2D eigenvalue weighted by Gasteiger charge is -2.10. The summed E-state index contributed by atoms with van der Waals surface area (Å²) in [6.45, 7) is 0. The van der Waals surface area contributed by atoms with Gasteiger partial charge in [0.05, 0.1) is 12.8 Å². The highest BCUT2D eigenvalue weighted by Crippen LogP contribution is 2.28. The van der Waals surface area contributed by atoms with Crippen molar-refractivity contribution < 1.29 is 14.3 Å². The average molecular weight is 346 g/mol. The highest BCUT2D eigenvalue weighted by atomic mass is 35.5. The zero-order valence-electron chi connectivity index (χ0n) is 13.0. The molecule has 6 nitrogen and oxygen atoms in total. The molecule has 1 fully saturated rings. The van der Waals surface area contributed by atoms with E-state index in [0.717, 1.165) is 12.8 Å². The molecule has 0 atom stereocenters. The lowest BCUT2D eigenvalue weighted by Crippen LogP contribution is -2.26. The van der Waals surface area contributed by atoms with Crippen molar-refractivity contribution in [2.24, 2.45) is 0 Å². The molecule has 1 aromatic carbocycles. The summed E-state index contributed by atoms with van der Waals surface area (Å²) in [4.78, 5) is 28.5. The summed E-state index contributed by atoms with van der Waals surface area (Å²) in [6, 6.07) is 8.20. The minimum absolute atomic E-state index is 0.139. The van der Waals surface area contributed by atoms with Gasteiger partial charge in [-0.2, -0.15) is 0 Å². The Bertz CT molecular complexity index is 790. The predicted molar refractivity (Wildman–Crippen MR) is 90.7 cm³/mol. The fourth-order valence-corrected chi connectivity index (χ4v) is 2.33. The number of carbonyl (C=O) groups is 2. The van der Waals surface area contributed by atoms with Gasteiger partial charge in [-0.15, -0.1) is 0 Å². The van der Waals surface area contributed by atoms with Gasteiger partial charge in [0.25, 0.3) is 11.8 Å². The van der Waals surface area contributed by atoms with Gasteiger partial charge in [-0.1, -0.05) is 11.6 Å². The van der Waals surface area contributed by atoms with Gasteiger partial charge in [0.2, 0.25) is 0 Å². The second-order valence-electron chi connectivity index (χ2n) is 5.48. The van der Waals surface area contributed by atoms with Crippen LogP contribution in [0, 0.1) is 0 Å². The van der Waals surface area contributed by atoms with Gasteiger partial charge in [-0.05, 0) is 43.2 Å². The number of amides is 2. The molecule has 0 saturated heterocycles. The van der Waals surface area contributed by atoms with Gasteiger partial charge in [-0.25, -0.2) is 0 Å². The third-order valence-electron chi connectivity index (χ3n) is 3.58. The molecule has 2 aromatic rings. The number of pyridine rings is 1. The standard InChI is InChI=1S/C17H16ClN3O3/c1-24-15-5-2-11(18)9-13(15)21-17(23)14-8-10(6-7-19-14)16(22)20-12-3-4-12/h2,5-9,12H,3-4H2,1H3,(H,20,22)(H,21,23). The Hall–Kier alpha value is -2.60. The van der Waals surface area contributed by atoms with Crippen LogP contribution < -0.4 is 15.4 Å². The van der Waals surface area contributed by atoms with Crippen LogP contribution >= 0.6 is 11.6 Å². The van der Waals surface area contributed by atoms with Crippen molar-refractivity contribution in [2.45, 2.75) is 18.9 Å². The van der Waals surface area contributed by atoms with Gasteiger partial charge in [0.15, 0.2) is 0 Å². The van der Waals surface area contributed by atoms with Crippen molar-refractivity contribution in [1.29, 1.82) is 0 Å². The topological polar surface area (TPSA) is 80.3 Å². The summed E-state index contributed by atoms with van der Waals surface area (Å²) in [6.07, 6.45) is 3.43. The van der Waals surface area contributed by atoms with Crippen LogP contribution in [0.1, 0.15) is 33.7 Å². The molecule has 7 heteroatoms. The van der Waals surface area contributed by atoms with Crippen molar-refractivity contribution in [3.05, 3.63) is 52.8 Å². The molecule has 24 heavy (non-hydrogen) atoms. The summed E-state index contributed by atoms with van der Waals surface area (Å²) < 4.78 is 5.19. The molecular formula is C17H16ClN3O3. The highest BCUT2D eigenvalue weighted by molar-refractivity contribution is 6.31. The number of aromatic nitrogens is 1. The monoisotopic (exact) mass is 345 g/mol. The van der Waals surface area contributed by atoms with E-state index in [1.54, 1.807) is 24.3 Å². The van der Waals surface area contributed by atoms with Crippen molar-refractivity contribution in [3.63, 3.8) is 0 Å². The number of hydrogen-bond acceptors (Lipinski definition) is 4. The summed E-state index contributed by atoms with van der Waals surface area (Å²) in [5, 5.41) is 6.04. The summed E-state index contributed by atoms with van der Waals surface area (Å²) in [5.74, 6) is -0.165. The van der Waals surface area contributed by atoms with Crippen molar-refractivity contribution in [1.82, 2.24) is 10.3 Å². The molecule has 2 N–H and O–H groups in total. The number of rotatable bonds is 5. The van der Waals surface area contributed by atoms with Crippen LogP contribution in [0.4, 0.5) is 5.69 Å². The Kier molecular flexibility index (Phi) is 4.66. The van der Waals surface area contributed by atoms with Gasteiger partial charge < -0.3 is 15.4 Å². The summed E-state index contributed by atoms with van der Waals surface area (Å²) in [7, 11) is 1.50. The first-order valence-electron chi connectivity index (χ1n) is 7.48. The molecule has 1 aromatic heterocycles. The first kappa shape index (κ1) is 16.3. The number of methoxy groups -OCH3 is 1. The molecule has 1 aliphatic carbocycles. The van der Waals surface area contributed by atoms with Gasteiger partial charge in [0, 0.05) is 22.8 Å². The molecule has 0 radical (unpaired) electrons. The van der Waals surface area contributed by atoms with Gasteiger partial charge in [-0.3, -0.25) is 14.6 Å². The quantitative estimate of drug-likeness (QED) is 0.873. The third-order valence-corrected chi connectivity index (χ3v) is 3.81. The zero-order valence-corrected chi connectivity index (χ0v) is 13.8. The van der Waals surface area contributed by atoms with Crippen LogP contribution in [0.25, 0.3) is 0 Å². The van der Waals surface area contributed by atoms with E-state index in [1.807, 2.05) is 0 Å². The van der Waals surface area contributed by atoms with E-state index in [1.165, 1.54) is 19.4 Å². The number of anilines is 1. The number of hydrogen-bond donors (Lipinski definition) is 2. The summed E-state index contributed by atoms with van der Waals surface area (Å²) >= 11 is 5.95. The second-order valence-corrected chi connectivity index (χ2v) is 5.91. The lowest BCUT2D eigenvalue weighted by molar-refractivity contribution is 0.0951. The Balaban J connectivity index is 1.77. The molecule has 0 spiro atoms. The molecule has 0 unspecified atom stereocenters. The van der Waals surface area contributed by atoms with Crippen LogP contribution in [0.2, 0.25) is 5.02 Å². The molecule has 0 aliphatic heterocycles. The molecule has 124 valence electrons. The normalized spacial score (nSPS) is 13.2. The number of halogens is 1. The number of nitrogens with one attached hydrogen (secondary N) is 2. The van der Waals surface area contributed by atoms with Gasteiger partial charge >= 0.3 is 0 Å². The fourth-order valence-electron chi connectivity index (χ4n) is 2.16. The molecule has 2 amide bonds. The minimum atomic E-state index is -0.448. The van der Waals surface area contributed by atoms with Gasteiger partial charge in [0.1, 0.15) is 11.4 Å². The van der Waals surface area contributed by atoms with Crippen LogP contribution in [0.3, 0.4) is 0 Å². The lowest BCUT2D eigenvalue weighted by atomic mass is 10.2. The van der Waals surface area contributed by atoms with Crippen LogP contribution in [-0.4, -0.2) is 29.9 Å². The molecule has 1 aliphatic rings. The van der Waals surface area contributed by atoms with E-state index >= 15 is 0 Å². The van der Waals surface area contributed by atoms with Crippen molar-refractivity contribution >= 4 is 29.1 Å². The summed E-state index contributed by atoms with van der Waals surface area (Å²) in [5.41, 5.74) is 0.977. The smallest absolute Gasteiger partial charge is 0.274 e. The number of nitrogens with zero attached hydrogens (tertiary/aromatic N) is 1. The van der Waals surface area contributed by atoms with E-state index in [0.29, 0.717) is 22.0 Å². The number of benzene rings is 1. The predicted octanol–water partition coefficient (Wildman–Crippen LogP) is 2.89. The SMILES string of the molecule is COc1ccc(Cl)cc1NC(=O)c1cc(C(=O)NC2CC2)ccn1. The van der Waals surface area contributed by atoms with E-state index in [9.17, 15) is 9.59 Å². The van der Waals surface area contributed by atoms with Crippen LogP contribution in [0.15, 0.2) is 36.5 Å². The maximum atomic E-state index is 12.4. The van der Waals surface area contributed by atoms with Crippen molar-refractivity contribution in [2.75, 3.05) is 12.4 Å². The second kappa shape index (κ2) is 6.88. The molecular weight excluding hydrogens is 330 g/mol. The Morgan fingerprint density at radius 1 is 1.21 bits per heavy atom. The molecule has 1 heterocycles. The third kappa shape index (κ3) is 3.83. The maximum Gasteiger partial charge on any atom is 0.274 e. The Morgan fingerprint density at radius 2 is 2.00 bits per heavy atom. The Labute approximate surface area is 144 Å². The molecule has 0 bridgehead atoms. The number of carbonyl (C=O) groups excluding carboxylic acids is 2. The minimum Gasteiger partial charge on any atom is -0.495 e. The zero-order chi connectivity index (χ0) is 17.1. The van der Waals surface area contributed by atoms with E-state index in [4.69, 9.17) is 16.3 Å². The maximum absolute atomic E-state index is 12.4. The van der Waals surface area contributed by atoms with Crippen LogP contribution in [-0.2, 0) is 0 Å². The number of ether oxygens (including phenoxy) is 1. The Morgan fingerprint density at radius 3 is 2.71 bits per heavy atom. The van der Waals surface area contributed by atoms with E-state index in [2.05, 4.69) is 15.6 Å². The molecule has 3 rings (SSSR count). The first-order valence-corrected chi connectivity index (χ1v) is 7.86. The average Bonchev–Trinajstić information content (AvgIpc) is 3.39. The highest BCUT2D eigenvalue weighted by Gasteiger charge is 2.24. The molecule has 1 saturated carbocycles. The van der Waals surface area contributed by atoms with Crippen molar-refractivity contribution in [3.8, 4) is 5.75 Å².